The highest BCUT2D eigenvalue weighted by Gasteiger charge is 2.32. The topological polar surface area (TPSA) is 58.6 Å². The van der Waals surface area contributed by atoms with E-state index in [4.69, 9.17) is 4.74 Å². The molecule has 2 aromatic carbocycles. The number of rotatable bonds is 6. The number of hydrogen-bond donors (Lipinski definition) is 1. The van der Waals surface area contributed by atoms with Crippen molar-refractivity contribution in [2.75, 3.05) is 27.2 Å². The molecule has 0 aliphatic carbocycles. The molecule has 1 N–H and O–H groups in total. The molecule has 2 unspecified atom stereocenters. The monoisotopic (exact) mass is 392 g/mol. The molecule has 5 nitrogen and oxygen atoms in total. The fourth-order valence-electron chi connectivity index (χ4n) is 3.76. The van der Waals surface area contributed by atoms with Crippen LogP contribution in [-0.4, -0.2) is 40.6 Å². The average molecular weight is 392 g/mol. The molecule has 1 saturated heterocycles. The van der Waals surface area contributed by atoms with Crippen LogP contribution in [0.3, 0.4) is 0 Å². The van der Waals surface area contributed by atoms with E-state index in [1.165, 1.54) is 18.2 Å². The lowest BCUT2D eigenvalue weighted by Crippen LogP contribution is -2.41. The third-order valence-electron chi connectivity index (χ3n) is 5.13. The quantitative estimate of drug-likeness (QED) is 0.820. The van der Waals surface area contributed by atoms with E-state index in [1.807, 2.05) is 31.3 Å². The van der Waals surface area contributed by atoms with Gasteiger partial charge >= 0.3 is 0 Å². The standard InChI is InChI=1S/C20H25FN2O3S/c1-23-13-5-6-16(20(23)15-9-11-17(26-2)12-10-15)14-22-27(24,25)19-8-4-3-7-18(19)21/h3-4,7-12,16,20,22H,5-6,13-14H2,1-2H3. The summed E-state index contributed by atoms with van der Waals surface area (Å²) in [4.78, 5) is 1.93. The van der Waals surface area contributed by atoms with Gasteiger partial charge in [0.05, 0.1) is 7.11 Å². The first kappa shape index (κ1) is 19.8. The molecule has 0 bridgehead atoms. The third kappa shape index (κ3) is 4.48. The Morgan fingerprint density at radius 1 is 1.19 bits per heavy atom. The first-order valence-corrected chi connectivity index (χ1v) is 10.5. The first-order valence-electron chi connectivity index (χ1n) is 9.01. The number of likely N-dealkylation sites (tertiary alicyclic amines) is 1. The molecule has 1 aliphatic rings. The highest BCUT2D eigenvalue weighted by atomic mass is 32.2. The highest BCUT2D eigenvalue weighted by molar-refractivity contribution is 7.89. The van der Waals surface area contributed by atoms with Crippen molar-refractivity contribution in [3.8, 4) is 5.75 Å². The minimum absolute atomic E-state index is 0.0907. The Kier molecular flexibility index (Phi) is 6.14. The summed E-state index contributed by atoms with van der Waals surface area (Å²) in [6, 6.07) is 13.4. The molecule has 27 heavy (non-hydrogen) atoms. The highest BCUT2D eigenvalue weighted by Crippen LogP contribution is 2.35. The van der Waals surface area contributed by atoms with Crippen LogP contribution in [0.4, 0.5) is 4.39 Å². The van der Waals surface area contributed by atoms with Gasteiger partial charge in [-0.1, -0.05) is 24.3 Å². The van der Waals surface area contributed by atoms with Crippen molar-refractivity contribution in [1.29, 1.82) is 0 Å². The van der Waals surface area contributed by atoms with Gasteiger partial charge in [0.1, 0.15) is 16.5 Å². The number of benzene rings is 2. The Morgan fingerprint density at radius 2 is 1.89 bits per heavy atom. The molecular formula is C20H25FN2O3S. The van der Waals surface area contributed by atoms with Gasteiger partial charge in [0.25, 0.3) is 0 Å². The van der Waals surface area contributed by atoms with Crippen molar-refractivity contribution < 1.29 is 17.5 Å². The lowest BCUT2D eigenvalue weighted by atomic mass is 9.85. The molecule has 0 saturated carbocycles. The summed E-state index contributed by atoms with van der Waals surface area (Å²) in [5.74, 6) is 0.144. The Morgan fingerprint density at radius 3 is 2.56 bits per heavy atom. The summed E-state index contributed by atoms with van der Waals surface area (Å²) in [6.45, 7) is 1.21. The van der Waals surface area contributed by atoms with E-state index in [1.54, 1.807) is 7.11 Å². The largest absolute Gasteiger partial charge is 0.497 e. The van der Waals surface area contributed by atoms with Crippen LogP contribution in [0.25, 0.3) is 0 Å². The predicted molar refractivity (Wildman–Crippen MR) is 103 cm³/mol. The number of ether oxygens (including phenoxy) is 1. The molecule has 2 atom stereocenters. The van der Waals surface area contributed by atoms with Gasteiger partial charge in [-0.25, -0.2) is 17.5 Å². The molecular weight excluding hydrogens is 367 g/mol. The van der Waals surface area contributed by atoms with E-state index in [-0.39, 0.29) is 23.4 Å². The number of nitrogens with zero attached hydrogens (tertiary/aromatic N) is 1. The van der Waals surface area contributed by atoms with Gasteiger partial charge in [-0.2, -0.15) is 0 Å². The number of halogens is 1. The zero-order valence-electron chi connectivity index (χ0n) is 15.6. The molecule has 7 heteroatoms. The van der Waals surface area contributed by atoms with E-state index in [0.29, 0.717) is 0 Å². The van der Waals surface area contributed by atoms with Crippen molar-refractivity contribution in [2.24, 2.45) is 5.92 Å². The lowest BCUT2D eigenvalue weighted by molar-refractivity contribution is 0.123. The fraction of sp³-hybridized carbons (Fsp3) is 0.400. The van der Waals surface area contributed by atoms with Crippen LogP contribution < -0.4 is 9.46 Å². The van der Waals surface area contributed by atoms with Gasteiger partial charge in [0, 0.05) is 12.6 Å². The summed E-state index contributed by atoms with van der Waals surface area (Å²) < 4.78 is 46.8. The molecule has 0 spiro atoms. The molecule has 0 radical (unpaired) electrons. The number of methoxy groups -OCH3 is 1. The molecule has 146 valence electrons. The summed E-state index contributed by atoms with van der Waals surface area (Å²) in [5.41, 5.74) is 1.12. The number of piperidine rings is 1. The van der Waals surface area contributed by atoms with Gasteiger partial charge < -0.3 is 4.74 Å². The molecule has 0 aromatic heterocycles. The van der Waals surface area contributed by atoms with E-state index in [0.717, 1.165) is 36.8 Å². The van der Waals surface area contributed by atoms with Crippen molar-refractivity contribution in [2.45, 2.75) is 23.8 Å². The smallest absolute Gasteiger partial charge is 0.243 e. The van der Waals surface area contributed by atoms with Crippen molar-refractivity contribution >= 4 is 10.0 Å². The second kappa shape index (κ2) is 8.37. The van der Waals surface area contributed by atoms with Crippen LogP contribution in [0.1, 0.15) is 24.4 Å². The van der Waals surface area contributed by atoms with Crippen molar-refractivity contribution in [3.05, 3.63) is 59.9 Å². The normalized spacial score (nSPS) is 21.1. The Hall–Kier alpha value is -1.96. The van der Waals surface area contributed by atoms with Gasteiger partial charge in [-0.05, 0) is 62.2 Å². The second-order valence-corrected chi connectivity index (χ2v) is 8.62. The van der Waals surface area contributed by atoms with Crippen LogP contribution in [0.15, 0.2) is 53.4 Å². The van der Waals surface area contributed by atoms with Crippen LogP contribution in [0, 0.1) is 11.7 Å². The predicted octanol–water partition coefficient (Wildman–Crippen LogP) is 3.20. The van der Waals surface area contributed by atoms with Crippen LogP contribution in [-0.2, 0) is 10.0 Å². The zero-order chi connectivity index (χ0) is 19.4. The molecule has 3 rings (SSSR count). The summed E-state index contributed by atoms with van der Waals surface area (Å²) in [7, 11) is -0.213. The third-order valence-corrected chi connectivity index (χ3v) is 6.58. The average Bonchev–Trinajstić information content (AvgIpc) is 2.67. The van der Waals surface area contributed by atoms with E-state index in [2.05, 4.69) is 9.62 Å². The molecule has 2 aromatic rings. The van der Waals surface area contributed by atoms with E-state index in [9.17, 15) is 12.8 Å². The Balaban J connectivity index is 1.78. The van der Waals surface area contributed by atoms with Crippen molar-refractivity contribution in [3.63, 3.8) is 0 Å². The van der Waals surface area contributed by atoms with Gasteiger partial charge in [-0.3, -0.25) is 4.90 Å². The first-order chi connectivity index (χ1) is 12.9. The van der Waals surface area contributed by atoms with Gasteiger partial charge in [-0.15, -0.1) is 0 Å². The minimum atomic E-state index is -3.89. The number of nitrogens with one attached hydrogen (secondary N) is 1. The Labute approximate surface area is 160 Å². The van der Waals surface area contributed by atoms with Crippen molar-refractivity contribution in [1.82, 2.24) is 9.62 Å². The fourth-order valence-corrected chi connectivity index (χ4v) is 4.93. The van der Waals surface area contributed by atoms with Crippen LogP contribution in [0.2, 0.25) is 0 Å². The summed E-state index contributed by atoms with van der Waals surface area (Å²) in [6.07, 6.45) is 1.90. The minimum Gasteiger partial charge on any atom is -0.497 e. The molecule has 0 amide bonds. The maximum Gasteiger partial charge on any atom is 0.243 e. The number of sulfonamides is 1. The van der Waals surface area contributed by atoms with Gasteiger partial charge in [0.2, 0.25) is 10.0 Å². The lowest BCUT2D eigenvalue weighted by Gasteiger charge is -2.39. The SMILES string of the molecule is COc1ccc(C2C(CNS(=O)(=O)c3ccccc3F)CCCN2C)cc1. The summed E-state index contributed by atoms with van der Waals surface area (Å²) >= 11 is 0. The van der Waals surface area contributed by atoms with Crippen LogP contribution in [0.5, 0.6) is 5.75 Å². The maximum absolute atomic E-state index is 13.9. The molecule has 1 fully saturated rings. The Bertz CT molecular complexity index is 871. The van der Waals surface area contributed by atoms with E-state index < -0.39 is 15.8 Å². The molecule has 1 aliphatic heterocycles. The molecule has 1 heterocycles. The van der Waals surface area contributed by atoms with E-state index >= 15 is 0 Å². The van der Waals surface area contributed by atoms with Gasteiger partial charge in [0.15, 0.2) is 0 Å². The van der Waals surface area contributed by atoms with Crippen LogP contribution >= 0.6 is 0 Å². The zero-order valence-corrected chi connectivity index (χ0v) is 16.4. The second-order valence-electron chi connectivity index (χ2n) is 6.88. The number of hydrogen-bond acceptors (Lipinski definition) is 4. The summed E-state index contributed by atoms with van der Waals surface area (Å²) in [5, 5.41) is 0. The maximum atomic E-state index is 13.9.